The number of carbonyl (C=O) groups is 1. The normalized spacial score (nSPS) is 14.6. The van der Waals surface area contributed by atoms with Crippen molar-refractivity contribution in [3.63, 3.8) is 0 Å². The van der Waals surface area contributed by atoms with E-state index in [1.54, 1.807) is 6.20 Å². The first-order chi connectivity index (χ1) is 9.22. The number of rotatable bonds is 5. The number of H-pyrrole nitrogens is 1. The molecule has 7 nitrogen and oxygen atoms in total. The summed E-state index contributed by atoms with van der Waals surface area (Å²) >= 11 is 5.81. The van der Waals surface area contributed by atoms with Crippen LogP contribution in [0.15, 0.2) is 6.20 Å². The summed E-state index contributed by atoms with van der Waals surface area (Å²) in [5.74, 6) is 0.640. The van der Waals surface area contributed by atoms with Crippen molar-refractivity contribution in [2.24, 2.45) is 0 Å². The summed E-state index contributed by atoms with van der Waals surface area (Å²) in [6.07, 6.45) is 4.21. The highest BCUT2D eigenvalue weighted by molar-refractivity contribution is 6.28. The van der Waals surface area contributed by atoms with Crippen LogP contribution in [-0.4, -0.2) is 38.7 Å². The zero-order chi connectivity index (χ0) is 13.2. The van der Waals surface area contributed by atoms with Gasteiger partial charge in [0.1, 0.15) is 5.82 Å². The Hall–Kier alpha value is -1.89. The highest BCUT2D eigenvalue weighted by atomic mass is 35.5. The minimum Gasteiger partial charge on any atom is -0.369 e. The number of anilines is 1. The van der Waals surface area contributed by atoms with Gasteiger partial charge in [0.2, 0.25) is 11.2 Å². The molecule has 0 atom stereocenters. The molecule has 8 heteroatoms. The van der Waals surface area contributed by atoms with Crippen LogP contribution in [0.1, 0.15) is 19.3 Å². The summed E-state index contributed by atoms with van der Waals surface area (Å²) in [6, 6.07) is 0.390. The maximum Gasteiger partial charge on any atom is 0.226 e. The first-order valence-corrected chi connectivity index (χ1v) is 6.50. The van der Waals surface area contributed by atoms with Crippen molar-refractivity contribution in [3.8, 4) is 0 Å². The average Bonchev–Trinajstić information content (AvgIpc) is 3.04. The van der Waals surface area contributed by atoms with Gasteiger partial charge in [0, 0.05) is 19.0 Å². The lowest BCUT2D eigenvalue weighted by Gasteiger charge is -2.07. The number of hydrogen-bond donors (Lipinski definition) is 3. The second-order valence-electron chi connectivity index (χ2n) is 4.49. The van der Waals surface area contributed by atoms with E-state index in [1.807, 2.05) is 0 Å². The first kappa shape index (κ1) is 12.2. The van der Waals surface area contributed by atoms with Crippen LogP contribution in [0.5, 0.6) is 0 Å². The average molecular weight is 281 g/mol. The van der Waals surface area contributed by atoms with E-state index in [9.17, 15) is 4.79 Å². The molecule has 2 aromatic rings. The van der Waals surface area contributed by atoms with E-state index in [1.165, 1.54) is 0 Å². The third kappa shape index (κ3) is 2.93. The van der Waals surface area contributed by atoms with Crippen molar-refractivity contribution in [1.29, 1.82) is 0 Å². The third-order valence-electron chi connectivity index (χ3n) is 2.87. The highest BCUT2D eigenvalue weighted by Gasteiger charge is 2.22. The van der Waals surface area contributed by atoms with Crippen molar-refractivity contribution < 1.29 is 4.79 Å². The van der Waals surface area contributed by atoms with Gasteiger partial charge in [0.05, 0.1) is 11.6 Å². The molecule has 2 heterocycles. The number of aromatic nitrogens is 4. The maximum absolute atomic E-state index is 11.5. The SMILES string of the molecule is O=C(CCNc1nc(Cl)nc2[nH]ncc12)NC1CC1. The van der Waals surface area contributed by atoms with Gasteiger partial charge in [0.15, 0.2) is 5.65 Å². The highest BCUT2D eigenvalue weighted by Crippen LogP contribution is 2.20. The minimum absolute atomic E-state index is 0.0543. The maximum atomic E-state index is 11.5. The van der Waals surface area contributed by atoms with Crippen LogP contribution in [0.4, 0.5) is 5.82 Å². The zero-order valence-electron chi connectivity index (χ0n) is 10.1. The Morgan fingerprint density at radius 3 is 3.11 bits per heavy atom. The molecule has 3 N–H and O–H groups in total. The lowest BCUT2D eigenvalue weighted by molar-refractivity contribution is -0.120. The molecular formula is C11H13ClN6O. The zero-order valence-corrected chi connectivity index (χ0v) is 10.9. The molecule has 1 amide bonds. The van der Waals surface area contributed by atoms with Crippen molar-refractivity contribution in [3.05, 3.63) is 11.5 Å². The molecule has 0 saturated heterocycles. The molecule has 1 saturated carbocycles. The Morgan fingerprint density at radius 1 is 1.47 bits per heavy atom. The van der Waals surface area contributed by atoms with Gasteiger partial charge in [0.25, 0.3) is 0 Å². The molecular weight excluding hydrogens is 268 g/mol. The number of hydrogen-bond acceptors (Lipinski definition) is 5. The van der Waals surface area contributed by atoms with Crippen LogP contribution in [-0.2, 0) is 4.79 Å². The van der Waals surface area contributed by atoms with Crippen molar-refractivity contribution >= 4 is 34.4 Å². The second kappa shape index (κ2) is 5.00. The number of nitrogens with one attached hydrogen (secondary N) is 3. The Bertz CT molecular complexity index is 608. The van der Waals surface area contributed by atoms with Crippen LogP contribution in [0.3, 0.4) is 0 Å². The topological polar surface area (TPSA) is 95.6 Å². The molecule has 1 fully saturated rings. The number of amides is 1. The van der Waals surface area contributed by atoms with Crippen LogP contribution in [0.25, 0.3) is 11.0 Å². The minimum atomic E-state index is 0.0543. The molecule has 1 aliphatic rings. The predicted octanol–water partition coefficient (Wildman–Crippen LogP) is 1.09. The Morgan fingerprint density at radius 2 is 2.32 bits per heavy atom. The first-order valence-electron chi connectivity index (χ1n) is 6.12. The molecule has 1 aliphatic carbocycles. The number of halogens is 1. The monoisotopic (exact) mass is 280 g/mol. The van der Waals surface area contributed by atoms with E-state index in [4.69, 9.17) is 11.6 Å². The van der Waals surface area contributed by atoms with E-state index in [-0.39, 0.29) is 11.2 Å². The summed E-state index contributed by atoms with van der Waals surface area (Å²) in [7, 11) is 0. The van der Waals surface area contributed by atoms with Gasteiger partial charge in [-0.3, -0.25) is 9.89 Å². The van der Waals surface area contributed by atoms with Gasteiger partial charge >= 0.3 is 0 Å². The summed E-state index contributed by atoms with van der Waals surface area (Å²) in [6.45, 7) is 0.492. The van der Waals surface area contributed by atoms with E-state index in [0.29, 0.717) is 30.5 Å². The fourth-order valence-corrected chi connectivity index (χ4v) is 1.93. The molecule has 0 aromatic carbocycles. The van der Waals surface area contributed by atoms with Gasteiger partial charge < -0.3 is 10.6 Å². The van der Waals surface area contributed by atoms with Crippen molar-refractivity contribution in [1.82, 2.24) is 25.5 Å². The number of aromatic amines is 1. The van der Waals surface area contributed by atoms with Gasteiger partial charge in [-0.1, -0.05) is 0 Å². The number of carbonyl (C=O) groups excluding carboxylic acids is 1. The third-order valence-corrected chi connectivity index (χ3v) is 3.04. The quantitative estimate of drug-likeness (QED) is 0.713. The fraction of sp³-hybridized carbons (Fsp3) is 0.455. The molecule has 0 radical (unpaired) electrons. The van der Waals surface area contributed by atoms with Gasteiger partial charge in [-0.15, -0.1) is 0 Å². The molecule has 0 unspecified atom stereocenters. The summed E-state index contributed by atoms with van der Waals surface area (Å²) in [4.78, 5) is 19.6. The second-order valence-corrected chi connectivity index (χ2v) is 4.83. The van der Waals surface area contributed by atoms with Gasteiger partial charge in [-0.2, -0.15) is 15.1 Å². The lowest BCUT2D eigenvalue weighted by atomic mass is 10.3. The summed E-state index contributed by atoms with van der Waals surface area (Å²) in [5.41, 5.74) is 0.574. The van der Waals surface area contributed by atoms with E-state index in [2.05, 4.69) is 30.8 Å². The number of nitrogens with zero attached hydrogens (tertiary/aromatic N) is 3. The Labute approximate surface area is 114 Å². The fourth-order valence-electron chi connectivity index (χ4n) is 1.76. The molecule has 0 bridgehead atoms. The van der Waals surface area contributed by atoms with Crippen LogP contribution >= 0.6 is 11.6 Å². The molecule has 0 spiro atoms. The summed E-state index contributed by atoms with van der Waals surface area (Å²) < 4.78 is 0. The Balaban J connectivity index is 1.61. The van der Waals surface area contributed by atoms with E-state index in [0.717, 1.165) is 18.2 Å². The molecule has 19 heavy (non-hydrogen) atoms. The molecule has 2 aromatic heterocycles. The van der Waals surface area contributed by atoms with Crippen LogP contribution < -0.4 is 10.6 Å². The summed E-state index contributed by atoms with van der Waals surface area (Å²) in [5, 5.41) is 13.5. The largest absolute Gasteiger partial charge is 0.369 e. The molecule has 0 aliphatic heterocycles. The van der Waals surface area contributed by atoms with E-state index < -0.39 is 0 Å². The molecule has 3 rings (SSSR count). The van der Waals surface area contributed by atoms with Gasteiger partial charge in [-0.05, 0) is 24.4 Å². The lowest BCUT2D eigenvalue weighted by Crippen LogP contribution is -2.27. The van der Waals surface area contributed by atoms with Gasteiger partial charge in [-0.25, -0.2) is 0 Å². The number of fused-ring (bicyclic) bond motifs is 1. The van der Waals surface area contributed by atoms with Crippen LogP contribution in [0.2, 0.25) is 5.28 Å². The van der Waals surface area contributed by atoms with Crippen LogP contribution in [0, 0.1) is 0 Å². The molecule has 100 valence electrons. The van der Waals surface area contributed by atoms with E-state index >= 15 is 0 Å². The predicted molar refractivity (Wildman–Crippen MR) is 71.0 cm³/mol. The smallest absolute Gasteiger partial charge is 0.226 e. The van der Waals surface area contributed by atoms with Crippen molar-refractivity contribution in [2.45, 2.75) is 25.3 Å². The standard InChI is InChI=1S/C11H13ClN6O/c12-11-16-9(7-5-14-18-10(7)17-11)13-4-3-8(19)15-6-1-2-6/h5-6H,1-4H2,(H,15,19)(H2,13,14,16,17,18). The Kier molecular flexibility index (Phi) is 3.20. The van der Waals surface area contributed by atoms with Crippen molar-refractivity contribution in [2.75, 3.05) is 11.9 Å².